The third-order valence-corrected chi connectivity index (χ3v) is 4.06. The molecule has 1 atom stereocenters. The molecule has 132 valence electrons. The van der Waals surface area contributed by atoms with Crippen molar-refractivity contribution < 1.29 is 13.9 Å². The lowest BCUT2D eigenvalue weighted by atomic mass is 10.00. The van der Waals surface area contributed by atoms with E-state index >= 15 is 0 Å². The number of pyridine rings is 1. The van der Waals surface area contributed by atoms with Gasteiger partial charge in [0.1, 0.15) is 6.04 Å². The SMILES string of the molecule is CCOC(=O)C1=C(C)Nc2nc(-c3ccco3)nn2C1c1ccccn1. The number of fused-ring (bicyclic) bond motifs is 1. The molecule has 3 aromatic rings. The van der Waals surface area contributed by atoms with Crippen LogP contribution in [0.5, 0.6) is 0 Å². The number of hydrogen-bond acceptors (Lipinski definition) is 7. The summed E-state index contributed by atoms with van der Waals surface area (Å²) in [5, 5.41) is 7.68. The molecule has 0 bridgehead atoms. The van der Waals surface area contributed by atoms with E-state index < -0.39 is 12.0 Å². The molecule has 1 aliphatic rings. The number of carbonyl (C=O) groups is 1. The quantitative estimate of drug-likeness (QED) is 0.722. The topological polar surface area (TPSA) is 95.1 Å². The monoisotopic (exact) mass is 351 g/mol. The summed E-state index contributed by atoms with van der Waals surface area (Å²) < 4.78 is 12.3. The number of hydrogen-bond donors (Lipinski definition) is 1. The Morgan fingerprint density at radius 2 is 2.23 bits per heavy atom. The molecular weight excluding hydrogens is 334 g/mol. The maximum atomic E-state index is 12.6. The van der Waals surface area contributed by atoms with Crippen molar-refractivity contribution in [3.8, 4) is 11.6 Å². The van der Waals surface area contributed by atoms with Crippen LogP contribution in [-0.2, 0) is 9.53 Å². The van der Waals surface area contributed by atoms with Gasteiger partial charge in [0.05, 0.1) is 24.1 Å². The Bertz CT molecular complexity index is 960. The maximum absolute atomic E-state index is 12.6. The van der Waals surface area contributed by atoms with Gasteiger partial charge in [-0.05, 0) is 38.1 Å². The van der Waals surface area contributed by atoms with E-state index in [1.54, 1.807) is 36.2 Å². The van der Waals surface area contributed by atoms with Crippen LogP contribution in [0.4, 0.5) is 5.95 Å². The second kappa shape index (κ2) is 6.47. The van der Waals surface area contributed by atoms with Crippen molar-refractivity contribution in [3.05, 3.63) is 59.8 Å². The van der Waals surface area contributed by atoms with Gasteiger partial charge < -0.3 is 14.5 Å². The summed E-state index contributed by atoms with van der Waals surface area (Å²) in [5.74, 6) is 1.08. The van der Waals surface area contributed by atoms with Gasteiger partial charge in [0.25, 0.3) is 0 Å². The molecule has 1 aliphatic heterocycles. The Balaban J connectivity index is 1.86. The Hall–Kier alpha value is -3.42. The van der Waals surface area contributed by atoms with Gasteiger partial charge in [0.2, 0.25) is 11.8 Å². The van der Waals surface area contributed by atoms with Crippen LogP contribution in [0.15, 0.2) is 58.5 Å². The fourth-order valence-corrected chi connectivity index (χ4v) is 2.95. The molecule has 4 heterocycles. The summed E-state index contributed by atoms with van der Waals surface area (Å²) in [6.07, 6.45) is 3.24. The maximum Gasteiger partial charge on any atom is 0.338 e. The van der Waals surface area contributed by atoms with E-state index in [2.05, 4.69) is 20.4 Å². The molecule has 0 amide bonds. The third kappa shape index (κ3) is 2.65. The first-order chi connectivity index (χ1) is 12.7. The van der Waals surface area contributed by atoms with Gasteiger partial charge >= 0.3 is 5.97 Å². The highest BCUT2D eigenvalue weighted by atomic mass is 16.5. The number of anilines is 1. The average molecular weight is 351 g/mol. The van der Waals surface area contributed by atoms with E-state index in [1.165, 1.54) is 0 Å². The van der Waals surface area contributed by atoms with Crippen molar-refractivity contribution in [2.24, 2.45) is 0 Å². The molecule has 8 heteroatoms. The highest BCUT2D eigenvalue weighted by Crippen LogP contribution is 2.35. The number of allylic oxidation sites excluding steroid dienone is 1. The Labute approximate surface area is 149 Å². The van der Waals surface area contributed by atoms with Gasteiger partial charge in [-0.1, -0.05) is 6.07 Å². The summed E-state index contributed by atoms with van der Waals surface area (Å²) in [5.41, 5.74) is 1.78. The summed E-state index contributed by atoms with van der Waals surface area (Å²) >= 11 is 0. The van der Waals surface area contributed by atoms with E-state index in [4.69, 9.17) is 9.15 Å². The normalized spacial score (nSPS) is 16.2. The minimum atomic E-state index is -0.539. The molecule has 0 saturated heterocycles. The predicted molar refractivity (Wildman–Crippen MR) is 93.1 cm³/mol. The number of nitrogens with one attached hydrogen (secondary N) is 1. The van der Waals surface area contributed by atoms with Crippen LogP contribution in [0.3, 0.4) is 0 Å². The van der Waals surface area contributed by atoms with Crippen LogP contribution < -0.4 is 5.32 Å². The molecule has 0 aromatic carbocycles. The number of ether oxygens (including phenoxy) is 1. The Kier molecular flexibility index (Phi) is 4.00. The number of furan rings is 1. The smallest absolute Gasteiger partial charge is 0.338 e. The van der Waals surface area contributed by atoms with Crippen molar-refractivity contribution in [2.75, 3.05) is 11.9 Å². The fourth-order valence-electron chi connectivity index (χ4n) is 2.95. The highest BCUT2D eigenvalue weighted by molar-refractivity contribution is 5.92. The zero-order valence-corrected chi connectivity index (χ0v) is 14.3. The third-order valence-electron chi connectivity index (χ3n) is 4.06. The summed E-state index contributed by atoms with van der Waals surface area (Å²) in [4.78, 5) is 21.5. The molecule has 26 heavy (non-hydrogen) atoms. The molecule has 4 rings (SSSR count). The second-order valence-corrected chi connectivity index (χ2v) is 5.72. The first-order valence-corrected chi connectivity index (χ1v) is 8.25. The minimum absolute atomic E-state index is 0.284. The summed E-state index contributed by atoms with van der Waals surface area (Å²) in [6.45, 7) is 3.87. The van der Waals surface area contributed by atoms with Crippen molar-refractivity contribution in [1.82, 2.24) is 19.7 Å². The molecule has 0 aliphatic carbocycles. The number of esters is 1. The molecular formula is C18H17N5O3. The average Bonchev–Trinajstić information content (AvgIpc) is 3.30. The van der Waals surface area contributed by atoms with Crippen LogP contribution >= 0.6 is 0 Å². The van der Waals surface area contributed by atoms with Gasteiger partial charge in [-0.3, -0.25) is 4.98 Å². The number of aromatic nitrogens is 4. The summed E-state index contributed by atoms with van der Waals surface area (Å²) in [6, 6.07) is 8.55. The number of rotatable bonds is 4. The van der Waals surface area contributed by atoms with Crippen molar-refractivity contribution in [1.29, 1.82) is 0 Å². The molecule has 3 aromatic heterocycles. The zero-order chi connectivity index (χ0) is 18.1. The van der Waals surface area contributed by atoms with Crippen molar-refractivity contribution >= 4 is 11.9 Å². The lowest BCUT2D eigenvalue weighted by Crippen LogP contribution is -2.30. The first kappa shape index (κ1) is 16.1. The Morgan fingerprint density at radius 1 is 1.35 bits per heavy atom. The Morgan fingerprint density at radius 3 is 2.92 bits per heavy atom. The van der Waals surface area contributed by atoms with E-state index in [-0.39, 0.29) is 6.61 Å². The van der Waals surface area contributed by atoms with Crippen LogP contribution in [-0.4, -0.2) is 32.3 Å². The molecule has 1 unspecified atom stereocenters. The van der Waals surface area contributed by atoms with E-state index in [1.807, 2.05) is 25.1 Å². The molecule has 1 N–H and O–H groups in total. The largest absolute Gasteiger partial charge is 0.463 e. The second-order valence-electron chi connectivity index (χ2n) is 5.72. The van der Waals surface area contributed by atoms with Gasteiger partial charge in [-0.2, -0.15) is 4.98 Å². The van der Waals surface area contributed by atoms with Gasteiger partial charge in [-0.25, -0.2) is 9.48 Å². The fraction of sp³-hybridized carbons (Fsp3) is 0.222. The molecule has 0 radical (unpaired) electrons. The standard InChI is InChI=1S/C18H17N5O3/c1-3-25-17(24)14-11(2)20-18-21-16(13-8-6-10-26-13)22-23(18)15(14)12-7-4-5-9-19-12/h4-10,15H,3H2,1-2H3,(H,20,21,22). The van der Waals surface area contributed by atoms with Crippen molar-refractivity contribution in [2.45, 2.75) is 19.9 Å². The van der Waals surface area contributed by atoms with Crippen molar-refractivity contribution in [3.63, 3.8) is 0 Å². The van der Waals surface area contributed by atoms with Gasteiger partial charge in [0, 0.05) is 11.9 Å². The molecule has 8 nitrogen and oxygen atoms in total. The summed E-state index contributed by atoms with van der Waals surface area (Å²) in [7, 11) is 0. The lowest BCUT2D eigenvalue weighted by molar-refractivity contribution is -0.139. The van der Waals surface area contributed by atoms with Crippen LogP contribution in [0.2, 0.25) is 0 Å². The molecule has 0 spiro atoms. The highest BCUT2D eigenvalue weighted by Gasteiger charge is 2.36. The van der Waals surface area contributed by atoms with Crippen LogP contribution in [0, 0.1) is 0 Å². The van der Waals surface area contributed by atoms with Crippen LogP contribution in [0.25, 0.3) is 11.6 Å². The lowest BCUT2D eigenvalue weighted by Gasteiger charge is -2.27. The first-order valence-electron chi connectivity index (χ1n) is 8.25. The van der Waals surface area contributed by atoms with E-state index in [0.717, 1.165) is 0 Å². The molecule has 0 saturated carbocycles. The van der Waals surface area contributed by atoms with Gasteiger partial charge in [0.15, 0.2) is 5.76 Å². The zero-order valence-electron chi connectivity index (χ0n) is 14.3. The van der Waals surface area contributed by atoms with Gasteiger partial charge in [-0.15, -0.1) is 5.10 Å². The van der Waals surface area contributed by atoms with E-state index in [0.29, 0.717) is 34.5 Å². The number of nitrogens with zero attached hydrogens (tertiary/aromatic N) is 4. The predicted octanol–water partition coefficient (Wildman–Crippen LogP) is 2.79. The van der Waals surface area contributed by atoms with Crippen LogP contribution in [0.1, 0.15) is 25.6 Å². The number of carbonyl (C=O) groups excluding carboxylic acids is 1. The minimum Gasteiger partial charge on any atom is -0.463 e. The van der Waals surface area contributed by atoms with E-state index in [9.17, 15) is 4.79 Å². The molecule has 0 fully saturated rings.